The van der Waals surface area contributed by atoms with E-state index in [0.717, 1.165) is 25.9 Å². The summed E-state index contributed by atoms with van der Waals surface area (Å²) in [5.74, 6) is -0.551. The minimum atomic E-state index is -0.371. The summed E-state index contributed by atoms with van der Waals surface area (Å²) >= 11 is 0. The van der Waals surface area contributed by atoms with Gasteiger partial charge in [0.2, 0.25) is 0 Å². The molecule has 0 spiro atoms. The Morgan fingerprint density at radius 3 is 2.71 bits per heavy atom. The quantitative estimate of drug-likeness (QED) is 0.836. The van der Waals surface area contributed by atoms with E-state index in [1.54, 1.807) is 18.3 Å². The smallest absolute Gasteiger partial charge is 0.271 e. The van der Waals surface area contributed by atoms with E-state index < -0.39 is 0 Å². The molecule has 24 heavy (non-hydrogen) atoms. The van der Waals surface area contributed by atoms with Crippen LogP contribution in [0, 0.1) is 0 Å². The summed E-state index contributed by atoms with van der Waals surface area (Å²) in [7, 11) is 0. The van der Waals surface area contributed by atoms with Crippen molar-refractivity contribution in [3.8, 4) is 0 Å². The van der Waals surface area contributed by atoms with Gasteiger partial charge in [0.25, 0.3) is 11.8 Å². The van der Waals surface area contributed by atoms with Gasteiger partial charge in [0.05, 0.1) is 11.6 Å². The largest absolute Gasteiger partial charge is 0.288 e. The molecule has 3 rings (SSSR count). The standard InChI is InChI=1S/C18H20N4O2/c23-17(15-8-4-10-19-12-15)20-21-18(24)16-9-5-11-22(16)13-14-6-2-1-3-7-14/h1-4,6-8,10,12,16H,5,9,11,13H2,(H,20,23)(H,21,24). The Bertz CT molecular complexity index is 691. The molecule has 124 valence electrons. The molecule has 0 bridgehead atoms. The molecule has 2 aromatic rings. The van der Waals surface area contributed by atoms with Gasteiger partial charge in [0.15, 0.2) is 0 Å². The molecule has 0 radical (unpaired) electrons. The fourth-order valence-electron chi connectivity index (χ4n) is 2.90. The maximum Gasteiger partial charge on any atom is 0.271 e. The number of aromatic nitrogens is 1. The molecule has 1 aliphatic heterocycles. The van der Waals surface area contributed by atoms with Crippen LogP contribution >= 0.6 is 0 Å². The van der Waals surface area contributed by atoms with Crippen molar-refractivity contribution >= 4 is 11.8 Å². The Labute approximate surface area is 140 Å². The van der Waals surface area contributed by atoms with Gasteiger partial charge in [0, 0.05) is 18.9 Å². The highest BCUT2D eigenvalue weighted by Gasteiger charge is 2.30. The summed E-state index contributed by atoms with van der Waals surface area (Å²) in [6.45, 7) is 1.61. The Kier molecular flexibility index (Phi) is 5.18. The van der Waals surface area contributed by atoms with Gasteiger partial charge in [-0.2, -0.15) is 0 Å². The molecule has 2 N–H and O–H groups in total. The second-order valence-corrected chi connectivity index (χ2v) is 5.80. The Morgan fingerprint density at radius 2 is 1.96 bits per heavy atom. The lowest BCUT2D eigenvalue weighted by Gasteiger charge is -2.23. The maximum absolute atomic E-state index is 12.4. The number of benzene rings is 1. The fourth-order valence-corrected chi connectivity index (χ4v) is 2.90. The third-order valence-corrected chi connectivity index (χ3v) is 4.12. The lowest BCUT2D eigenvalue weighted by atomic mass is 10.2. The summed E-state index contributed by atoms with van der Waals surface area (Å²) in [5.41, 5.74) is 6.57. The van der Waals surface area contributed by atoms with Crippen LogP contribution in [-0.4, -0.2) is 34.3 Å². The van der Waals surface area contributed by atoms with Crippen molar-refractivity contribution in [3.05, 3.63) is 66.0 Å². The number of likely N-dealkylation sites (tertiary alicyclic amines) is 1. The van der Waals surface area contributed by atoms with Gasteiger partial charge in [-0.15, -0.1) is 0 Å². The van der Waals surface area contributed by atoms with E-state index in [4.69, 9.17) is 0 Å². The molecular weight excluding hydrogens is 304 g/mol. The number of carbonyl (C=O) groups is 2. The molecule has 0 aliphatic carbocycles. The average Bonchev–Trinajstić information content (AvgIpc) is 3.09. The predicted molar refractivity (Wildman–Crippen MR) is 89.7 cm³/mol. The van der Waals surface area contributed by atoms with Crippen LogP contribution in [0.2, 0.25) is 0 Å². The normalized spacial score (nSPS) is 17.4. The van der Waals surface area contributed by atoms with Crippen LogP contribution in [0.4, 0.5) is 0 Å². The molecule has 1 aromatic heterocycles. The van der Waals surface area contributed by atoms with Crippen LogP contribution in [0.5, 0.6) is 0 Å². The molecule has 1 aromatic carbocycles. The van der Waals surface area contributed by atoms with E-state index >= 15 is 0 Å². The molecule has 0 saturated carbocycles. The number of carbonyl (C=O) groups excluding carboxylic acids is 2. The number of amides is 2. The fraction of sp³-hybridized carbons (Fsp3) is 0.278. The van der Waals surface area contributed by atoms with Crippen molar-refractivity contribution in [2.24, 2.45) is 0 Å². The first kappa shape index (κ1) is 16.1. The van der Waals surface area contributed by atoms with Gasteiger partial charge in [0.1, 0.15) is 0 Å². The number of hydrazine groups is 1. The Balaban J connectivity index is 1.55. The van der Waals surface area contributed by atoms with Gasteiger partial charge >= 0.3 is 0 Å². The maximum atomic E-state index is 12.4. The minimum absolute atomic E-state index is 0.180. The average molecular weight is 324 g/mol. The molecular formula is C18H20N4O2. The van der Waals surface area contributed by atoms with Gasteiger partial charge in [-0.25, -0.2) is 0 Å². The van der Waals surface area contributed by atoms with Gasteiger partial charge in [-0.3, -0.25) is 30.3 Å². The number of hydrogen-bond acceptors (Lipinski definition) is 4. The third-order valence-electron chi connectivity index (χ3n) is 4.12. The zero-order valence-electron chi connectivity index (χ0n) is 13.3. The number of rotatable bonds is 4. The van der Waals surface area contributed by atoms with Crippen molar-refractivity contribution in [2.75, 3.05) is 6.54 Å². The van der Waals surface area contributed by atoms with Crippen LogP contribution in [0.3, 0.4) is 0 Å². The lowest BCUT2D eigenvalue weighted by molar-refractivity contribution is -0.126. The van der Waals surface area contributed by atoms with Gasteiger partial charge in [-0.1, -0.05) is 30.3 Å². The van der Waals surface area contributed by atoms with Crippen LogP contribution in [0.25, 0.3) is 0 Å². The molecule has 1 fully saturated rings. The van der Waals surface area contributed by atoms with Crippen molar-refractivity contribution in [3.63, 3.8) is 0 Å². The molecule has 1 saturated heterocycles. The molecule has 2 amide bonds. The topological polar surface area (TPSA) is 74.3 Å². The summed E-state index contributed by atoms with van der Waals surface area (Å²) in [5, 5.41) is 0. The minimum Gasteiger partial charge on any atom is -0.288 e. The highest BCUT2D eigenvalue weighted by Crippen LogP contribution is 2.20. The lowest BCUT2D eigenvalue weighted by Crippen LogP contribution is -2.50. The van der Waals surface area contributed by atoms with Gasteiger partial charge < -0.3 is 0 Å². The van der Waals surface area contributed by atoms with E-state index in [1.165, 1.54) is 11.8 Å². The molecule has 6 nitrogen and oxygen atoms in total. The third kappa shape index (κ3) is 3.97. The molecule has 1 unspecified atom stereocenters. The zero-order valence-corrected chi connectivity index (χ0v) is 13.3. The highest BCUT2D eigenvalue weighted by molar-refractivity contribution is 5.95. The second kappa shape index (κ2) is 7.70. The van der Waals surface area contributed by atoms with Crippen molar-refractivity contribution < 1.29 is 9.59 Å². The van der Waals surface area contributed by atoms with Crippen LogP contribution in [-0.2, 0) is 11.3 Å². The van der Waals surface area contributed by atoms with Crippen LogP contribution in [0.15, 0.2) is 54.9 Å². The van der Waals surface area contributed by atoms with E-state index in [2.05, 4.69) is 32.9 Å². The first-order chi connectivity index (χ1) is 11.7. The molecule has 1 atom stereocenters. The zero-order chi connectivity index (χ0) is 16.8. The van der Waals surface area contributed by atoms with Crippen LogP contribution < -0.4 is 10.9 Å². The van der Waals surface area contributed by atoms with Crippen LogP contribution in [0.1, 0.15) is 28.8 Å². The number of nitrogens with one attached hydrogen (secondary N) is 2. The SMILES string of the molecule is O=C(NNC(=O)C1CCCN1Cc1ccccc1)c1cccnc1. The number of hydrogen-bond donors (Lipinski definition) is 2. The van der Waals surface area contributed by atoms with E-state index in [9.17, 15) is 9.59 Å². The first-order valence-electron chi connectivity index (χ1n) is 8.02. The summed E-state index contributed by atoms with van der Waals surface area (Å²) in [4.78, 5) is 30.4. The Morgan fingerprint density at radius 1 is 1.12 bits per heavy atom. The molecule has 2 heterocycles. The number of nitrogens with zero attached hydrogens (tertiary/aromatic N) is 2. The van der Waals surface area contributed by atoms with Crippen molar-refractivity contribution in [1.82, 2.24) is 20.7 Å². The van der Waals surface area contributed by atoms with E-state index in [-0.39, 0.29) is 17.9 Å². The summed E-state index contributed by atoms with van der Waals surface area (Å²) in [6, 6.07) is 13.2. The second-order valence-electron chi connectivity index (χ2n) is 5.80. The van der Waals surface area contributed by atoms with E-state index in [0.29, 0.717) is 5.56 Å². The predicted octanol–water partition coefficient (Wildman–Crippen LogP) is 1.51. The highest BCUT2D eigenvalue weighted by atomic mass is 16.2. The van der Waals surface area contributed by atoms with Gasteiger partial charge in [-0.05, 0) is 37.1 Å². The molecule has 6 heteroatoms. The van der Waals surface area contributed by atoms with E-state index in [1.807, 2.05) is 18.2 Å². The van der Waals surface area contributed by atoms with Crippen molar-refractivity contribution in [2.45, 2.75) is 25.4 Å². The van der Waals surface area contributed by atoms with Crippen molar-refractivity contribution in [1.29, 1.82) is 0 Å². The molecule has 1 aliphatic rings. The first-order valence-corrected chi connectivity index (χ1v) is 8.02. The monoisotopic (exact) mass is 324 g/mol. The number of pyridine rings is 1. The summed E-state index contributed by atoms with van der Waals surface area (Å²) < 4.78 is 0. The summed E-state index contributed by atoms with van der Waals surface area (Å²) in [6.07, 6.45) is 4.82. The Hall–Kier alpha value is -2.73.